The summed E-state index contributed by atoms with van der Waals surface area (Å²) in [6.07, 6.45) is 14.0. The second-order valence-corrected chi connectivity index (χ2v) is 21.9. The Morgan fingerprint density at radius 2 is 1.19 bits per heavy atom. The summed E-state index contributed by atoms with van der Waals surface area (Å²) in [4.78, 5) is 45.7. The van der Waals surface area contributed by atoms with Crippen molar-refractivity contribution in [2.45, 2.75) is 88.6 Å². The van der Waals surface area contributed by atoms with E-state index < -0.39 is 11.6 Å². The van der Waals surface area contributed by atoms with E-state index >= 15 is 8.78 Å². The van der Waals surface area contributed by atoms with Gasteiger partial charge in [0.15, 0.2) is 11.6 Å². The summed E-state index contributed by atoms with van der Waals surface area (Å²) in [5.74, 6) is -0.478. The molecule has 412 valence electrons. The van der Waals surface area contributed by atoms with Crippen molar-refractivity contribution < 1.29 is 38.0 Å². The number of nitrogens with zero attached hydrogens (tertiary/aromatic N) is 10. The fourth-order valence-corrected chi connectivity index (χ4v) is 13.0. The Labute approximate surface area is 461 Å². The molecule has 4 aromatic heterocycles. The highest BCUT2D eigenvalue weighted by atomic mass is 19.1. The number of carbonyl (C=O) groups is 1. The molecule has 0 radical (unpaired) electrons. The van der Waals surface area contributed by atoms with Crippen LogP contribution in [0.2, 0.25) is 0 Å². The number of halogens is 2. The number of benzene rings is 4. The van der Waals surface area contributed by atoms with E-state index in [0.717, 1.165) is 112 Å². The van der Waals surface area contributed by atoms with Gasteiger partial charge in [-0.05, 0) is 143 Å². The van der Waals surface area contributed by atoms with Crippen molar-refractivity contribution in [1.29, 1.82) is 5.26 Å². The van der Waals surface area contributed by atoms with Gasteiger partial charge in [-0.15, -0.1) is 0 Å². The van der Waals surface area contributed by atoms with Crippen LogP contribution in [0.5, 0.6) is 23.5 Å². The highest BCUT2D eigenvalue weighted by Crippen LogP contribution is 2.43. The molecule has 4 aromatic carbocycles. The third-order valence-electron chi connectivity index (χ3n) is 17.0. The summed E-state index contributed by atoms with van der Waals surface area (Å²) in [6, 6.07) is 24.0. The minimum absolute atomic E-state index is 0.00600. The van der Waals surface area contributed by atoms with Gasteiger partial charge in [-0.25, -0.2) is 8.78 Å². The Hall–Kier alpha value is -8.08. The zero-order chi connectivity index (χ0) is 55.0. The summed E-state index contributed by atoms with van der Waals surface area (Å²) < 4.78 is 50.2. The highest BCUT2D eigenvalue weighted by molar-refractivity contribution is 6.01. The monoisotopic (exact) mass is 1080 g/mol. The van der Waals surface area contributed by atoms with E-state index in [4.69, 9.17) is 19.2 Å². The number of aromatic nitrogens is 6. The van der Waals surface area contributed by atoms with Gasteiger partial charge in [0.1, 0.15) is 58.8 Å². The number of esters is 1. The summed E-state index contributed by atoms with van der Waals surface area (Å²) in [6.45, 7) is 8.58. The van der Waals surface area contributed by atoms with Crippen LogP contribution < -0.4 is 19.7 Å². The van der Waals surface area contributed by atoms with Crippen LogP contribution in [0.25, 0.3) is 65.9 Å². The SMILES string of the molecule is CC(=O)OCCCNc1nc(OCC23CCCN2CCC3)nc2c(F)c(-c3cc(O)cc4ccccc34)ncc12.N#CC1CCN(c2nc(OCC34CCCN3CCC4)nc3c(F)c(-c4cc(O)cc5ccccc45)ncc23)CC1. The van der Waals surface area contributed by atoms with Crippen LogP contribution in [0.1, 0.15) is 77.6 Å². The van der Waals surface area contributed by atoms with Crippen molar-refractivity contribution in [1.82, 2.24) is 39.7 Å². The molecule has 0 saturated carbocycles. The topological polar surface area (TPSA) is 208 Å². The Balaban J connectivity index is 0.000000159. The second kappa shape index (κ2) is 22.2. The van der Waals surface area contributed by atoms with E-state index in [1.807, 2.05) is 48.5 Å². The van der Waals surface area contributed by atoms with Gasteiger partial charge in [0.05, 0.1) is 34.5 Å². The number of hydrogen-bond acceptors (Lipinski definition) is 17. The first-order chi connectivity index (χ1) is 39.0. The van der Waals surface area contributed by atoms with Gasteiger partial charge in [-0.2, -0.15) is 25.2 Å². The van der Waals surface area contributed by atoms with E-state index in [-0.39, 0.29) is 75.5 Å². The van der Waals surface area contributed by atoms with E-state index in [2.05, 4.69) is 51.0 Å². The number of carbonyl (C=O) groups excluding carboxylic acids is 1. The van der Waals surface area contributed by atoms with Crippen molar-refractivity contribution in [3.8, 4) is 52.1 Å². The molecule has 5 saturated heterocycles. The molecular weight excluding hydrogens is 1020 g/mol. The van der Waals surface area contributed by atoms with E-state index in [1.165, 1.54) is 13.0 Å². The van der Waals surface area contributed by atoms with Crippen LogP contribution in [0, 0.1) is 28.9 Å². The fraction of sp³-hybridized carbons (Fsp3) is 0.410. The number of ether oxygens (including phenoxy) is 3. The van der Waals surface area contributed by atoms with Crippen molar-refractivity contribution in [2.75, 3.05) is 75.9 Å². The van der Waals surface area contributed by atoms with Crippen molar-refractivity contribution in [2.24, 2.45) is 5.92 Å². The van der Waals surface area contributed by atoms with Crippen LogP contribution >= 0.6 is 0 Å². The molecular formula is C61H63F2N11O6. The van der Waals surface area contributed by atoms with Gasteiger partial charge >= 0.3 is 18.0 Å². The molecule has 5 fully saturated rings. The standard InChI is InChI=1S/C31H31FN6O2.C30H32FN5O4/c32-26-27(24-16-22(39)15-21-5-1-2-6-23(21)24)34-18-25-28(26)35-30(36-29(25)37-13-7-20(17-33)8-14-37)40-19-31-9-3-11-38(31)12-4-10-31;1-19(37)39-14-6-11-32-28-24-17-33-26(23-16-21(38)15-20-7-2-3-8-22(20)23)25(31)27(24)34-29(35-28)40-18-30-9-4-12-36(30)13-5-10-30/h1-2,5-6,15-16,18,20,39H,3-4,7-14,19H2;2-3,7-8,15-17,38H,4-6,9-14,18H2,1H3,(H,32,34,35). The summed E-state index contributed by atoms with van der Waals surface area (Å²) in [5, 5.41) is 37.4. The maximum absolute atomic E-state index is 16.5. The molecule has 0 atom stereocenters. The average molecular weight is 1080 g/mol. The van der Waals surface area contributed by atoms with Crippen LogP contribution in [0.4, 0.5) is 20.4 Å². The predicted molar refractivity (Wildman–Crippen MR) is 301 cm³/mol. The minimum Gasteiger partial charge on any atom is -0.508 e. The normalized spacial score (nSPS) is 17.8. The first-order valence-electron chi connectivity index (χ1n) is 27.9. The van der Waals surface area contributed by atoms with Gasteiger partial charge in [-0.3, -0.25) is 24.6 Å². The number of nitriles is 1. The maximum atomic E-state index is 16.5. The van der Waals surface area contributed by atoms with Crippen LogP contribution in [0.3, 0.4) is 0 Å². The van der Waals surface area contributed by atoms with E-state index in [9.17, 15) is 20.3 Å². The van der Waals surface area contributed by atoms with Crippen molar-refractivity contribution >= 4 is 61.0 Å². The van der Waals surface area contributed by atoms with Gasteiger partial charge in [0.25, 0.3) is 0 Å². The largest absolute Gasteiger partial charge is 0.508 e. The van der Waals surface area contributed by atoms with E-state index in [1.54, 1.807) is 30.6 Å². The average Bonchev–Trinajstić information content (AvgIpc) is 4.38. The number of phenols is 2. The number of phenolic OH excluding ortho intramolecular Hbond substituents is 2. The summed E-state index contributed by atoms with van der Waals surface area (Å²) >= 11 is 0. The van der Waals surface area contributed by atoms with Gasteiger partial charge in [0, 0.05) is 56.0 Å². The number of nitrogens with one attached hydrogen (secondary N) is 1. The molecule has 80 heavy (non-hydrogen) atoms. The molecule has 5 aliphatic heterocycles. The third kappa shape index (κ3) is 10.3. The van der Waals surface area contributed by atoms with Crippen LogP contribution in [-0.2, 0) is 9.53 Å². The van der Waals surface area contributed by atoms with Crippen molar-refractivity contribution in [3.05, 3.63) is 96.8 Å². The van der Waals surface area contributed by atoms with Gasteiger partial charge in [0.2, 0.25) is 0 Å². The lowest BCUT2D eigenvalue weighted by molar-refractivity contribution is -0.140. The molecule has 3 N–H and O–H groups in total. The molecule has 13 rings (SSSR count). The molecule has 5 aliphatic rings. The number of fused-ring (bicyclic) bond motifs is 6. The Kier molecular flexibility index (Phi) is 14.6. The zero-order valence-electron chi connectivity index (χ0n) is 44.8. The number of aromatic hydroxyl groups is 2. The number of piperidine rings is 1. The number of pyridine rings is 2. The van der Waals surface area contributed by atoms with Gasteiger partial charge < -0.3 is 34.6 Å². The Bertz CT molecular complexity index is 3680. The maximum Gasteiger partial charge on any atom is 0.319 e. The minimum atomic E-state index is -0.620. The molecule has 0 bridgehead atoms. The quantitative estimate of drug-likeness (QED) is 0.0683. The Morgan fingerprint density at radius 3 is 1.71 bits per heavy atom. The van der Waals surface area contributed by atoms with Crippen LogP contribution in [-0.4, -0.2) is 133 Å². The number of hydrogen-bond donors (Lipinski definition) is 3. The number of rotatable bonds is 14. The van der Waals surface area contributed by atoms with E-state index in [0.29, 0.717) is 72.8 Å². The molecule has 0 aliphatic carbocycles. The lowest BCUT2D eigenvalue weighted by atomic mass is 9.95. The zero-order valence-corrected chi connectivity index (χ0v) is 44.8. The molecule has 0 unspecified atom stereocenters. The molecule has 8 aromatic rings. The molecule has 19 heteroatoms. The Morgan fingerprint density at radius 1 is 0.688 bits per heavy atom. The molecule has 17 nitrogen and oxygen atoms in total. The first kappa shape index (κ1) is 52.6. The second-order valence-electron chi connectivity index (χ2n) is 21.9. The fourth-order valence-electron chi connectivity index (χ4n) is 13.0. The van der Waals surface area contributed by atoms with Crippen molar-refractivity contribution in [3.63, 3.8) is 0 Å². The lowest BCUT2D eigenvalue weighted by Crippen LogP contribution is -2.43. The smallest absolute Gasteiger partial charge is 0.319 e. The summed E-state index contributed by atoms with van der Waals surface area (Å²) in [5.41, 5.74) is 1.39. The molecule has 0 spiro atoms. The number of anilines is 2. The third-order valence-corrected chi connectivity index (χ3v) is 17.0. The highest BCUT2D eigenvalue weighted by Gasteiger charge is 2.46. The van der Waals surface area contributed by atoms with Gasteiger partial charge in [-0.1, -0.05) is 48.5 Å². The lowest BCUT2D eigenvalue weighted by Gasteiger charge is -2.32. The molecule has 0 amide bonds. The van der Waals surface area contributed by atoms with Crippen LogP contribution in [0.15, 0.2) is 85.2 Å². The summed E-state index contributed by atoms with van der Waals surface area (Å²) in [7, 11) is 0. The molecule has 9 heterocycles. The first-order valence-corrected chi connectivity index (χ1v) is 27.9. The predicted octanol–water partition coefficient (Wildman–Crippen LogP) is 10.5.